The predicted molar refractivity (Wildman–Crippen MR) is 109 cm³/mol. The van der Waals surface area contributed by atoms with Gasteiger partial charge >= 0.3 is 5.97 Å². The van der Waals surface area contributed by atoms with Crippen LogP contribution in [0.15, 0.2) is 21.8 Å². The highest BCUT2D eigenvalue weighted by atomic mass is 32.2. The third-order valence-corrected chi connectivity index (χ3v) is 6.94. The zero-order chi connectivity index (χ0) is 21.4. The number of fused-ring (bicyclic) bond motifs is 1. The number of thioether (sulfide) groups is 1. The number of carbonyl (C=O) groups excluding carboxylic acids is 2. The Morgan fingerprint density at radius 1 is 1.50 bits per heavy atom. The number of carbonyl (C=O) groups is 3. The van der Waals surface area contributed by atoms with Gasteiger partial charge in [0.25, 0.3) is 11.8 Å². The molecule has 0 saturated carbocycles. The third-order valence-electron chi connectivity index (χ3n) is 4.97. The number of amides is 2. The first-order valence-corrected chi connectivity index (χ1v) is 11.0. The number of ether oxygens (including phenoxy) is 1. The summed E-state index contributed by atoms with van der Waals surface area (Å²) in [5, 5.41) is 17.3. The molecule has 0 unspecified atom stereocenters. The van der Waals surface area contributed by atoms with Crippen LogP contribution in [-0.4, -0.2) is 75.5 Å². The molecule has 0 spiro atoms. The van der Waals surface area contributed by atoms with Crippen molar-refractivity contribution >= 4 is 51.7 Å². The first kappa shape index (κ1) is 20.6. The monoisotopic (exact) mass is 453 g/mol. The Bertz CT molecular complexity index is 954. The normalized spacial score (nSPS) is 26.3. The molecule has 0 radical (unpaired) electrons. The zero-order valence-electron chi connectivity index (χ0n) is 15.9. The van der Waals surface area contributed by atoms with Crippen molar-refractivity contribution in [2.75, 3.05) is 25.2 Å². The summed E-state index contributed by atoms with van der Waals surface area (Å²) in [5.41, 5.74) is 6.29. The molecule has 0 aromatic carbocycles. The molecule has 2 saturated heterocycles. The maximum atomic E-state index is 12.8. The lowest BCUT2D eigenvalue weighted by Crippen LogP contribution is -2.71. The van der Waals surface area contributed by atoms with Crippen LogP contribution in [0.5, 0.6) is 0 Å². The number of aromatic nitrogens is 1. The average Bonchev–Trinajstić information content (AvgIpc) is 3.40. The number of nitrogens with two attached hydrogens (primary N) is 1. The largest absolute Gasteiger partial charge is 0.477 e. The van der Waals surface area contributed by atoms with E-state index in [0.29, 0.717) is 17.9 Å². The van der Waals surface area contributed by atoms with E-state index in [-0.39, 0.29) is 28.3 Å². The molecule has 4 heterocycles. The van der Waals surface area contributed by atoms with Crippen molar-refractivity contribution < 1.29 is 29.1 Å². The van der Waals surface area contributed by atoms with Crippen LogP contribution in [0, 0.1) is 0 Å². The maximum absolute atomic E-state index is 12.8. The van der Waals surface area contributed by atoms with Crippen LogP contribution in [0.3, 0.4) is 0 Å². The molecule has 1 aromatic rings. The van der Waals surface area contributed by atoms with Crippen molar-refractivity contribution in [2.45, 2.75) is 30.4 Å². The number of nitrogens with one attached hydrogen (secondary N) is 1. The average molecular weight is 454 g/mol. The van der Waals surface area contributed by atoms with Gasteiger partial charge in [0.2, 0.25) is 0 Å². The number of aliphatic carboxylic acids is 1. The first-order valence-electron chi connectivity index (χ1n) is 9.08. The SMILES string of the molecule is CON=C(C(=O)N[C@@H]1C(=O)N2C(C(=O)O)=C([C@@H]3CCCO3)CS[C@H]12)c1csc(N)n1. The van der Waals surface area contributed by atoms with E-state index in [0.717, 1.165) is 24.2 Å². The van der Waals surface area contributed by atoms with Crippen LogP contribution in [0.2, 0.25) is 0 Å². The minimum absolute atomic E-state index is 0.0424. The van der Waals surface area contributed by atoms with E-state index in [1.54, 1.807) is 5.38 Å². The summed E-state index contributed by atoms with van der Waals surface area (Å²) >= 11 is 2.53. The Kier molecular flexibility index (Phi) is 5.66. The number of oxime groups is 1. The number of carboxylic acids is 1. The van der Waals surface area contributed by atoms with E-state index in [2.05, 4.69) is 15.5 Å². The van der Waals surface area contributed by atoms with E-state index in [4.69, 9.17) is 15.3 Å². The number of nitrogens with zero attached hydrogens (tertiary/aromatic N) is 3. The Labute approximate surface area is 179 Å². The smallest absolute Gasteiger partial charge is 0.352 e. The van der Waals surface area contributed by atoms with Crippen LogP contribution in [-0.2, 0) is 24.0 Å². The Morgan fingerprint density at radius 2 is 2.30 bits per heavy atom. The molecule has 0 bridgehead atoms. The molecule has 30 heavy (non-hydrogen) atoms. The standard InChI is InChI=1S/C17H19N5O6S2/c1-27-21-10(8-6-30-17(18)19-8)13(23)20-11-14(24)22-12(16(25)26)7(5-29-15(11)22)9-3-2-4-28-9/h6,9,11,15H,2-5H2,1H3,(H2,18,19)(H,20,23)(H,25,26)/t9-,11+,15+/m0/s1. The van der Waals surface area contributed by atoms with Crippen LogP contribution in [0.4, 0.5) is 5.13 Å². The summed E-state index contributed by atoms with van der Waals surface area (Å²) in [5.74, 6) is -1.92. The summed E-state index contributed by atoms with van der Waals surface area (Å²) in [6, 6.07) is -0.888. The fourth-order valence-electron chi connectivity index (χ4n) is 3.64. The molecule has 3 aliphatic heterocycles. The molecule has 4 N–H and O–H groups in total. The van der Waals surface area contributed by atoms with Crippen molar-refractivity contribution in [1.82, 2.24) is 15.2 Å². The number of nitrogen functional groups attached to an aromatic ring is 1. The Hall–Kier alpha value is -2.64. The maximum Gasteiger partial charge on any atom is 0.352 e. The molecule has 2 amide bonds. The van der Waals surface area contributed by atoms with E-state index < -0.39 is 29.2 Å². The lowest BCUT2D eigenvalue weighted by atomic mass is 9.99. The molecule has 160 valence electrons. The molecule has 2 fully saturated rings. The van der Waals surface area contributed by atoms with E-state index in [1.807, 2.05) is 0 Å². The van der Waals surface area contributed by atoms with Gasteiger partial charge < -0.3 is 25.7 Å². The van der Waals surface area contributed by atoms with Gasteiger partial charge in [0.1, 0.15) is 29.9 Å². The molecule has 3 atom stereocenters. The minimum atomic E-state index is -1.18. The molecular weight excluding hydrogens is 434 g/mol. The molecule has 11 nitrogen and oxygen atoms in total. The molecule has 3 aliphatic rings. The van der Waals surface area contributed by atoms with Gasteiger partial charge in [-0.2, -0.15) is 0 Å². The number of β-lactam (4-membered cyclic amide) rings is 1. The molecular formula is C17H19N5O6S2. The van der Waals surface area contributed by atoms with Crippen LogP contribution in [0.1, 0.15) is 18.5 Å². The van der Waals surface area contributed by atoms with Gasteiger partial charge in [-0.05, 0) is 18.4 Å². The highest BCUT2D eigenvalue weighted by molar-refractivity contribution is 8.00. The number of anilines is 1. The van der Waals surface area contributed by atoms with Crippen molar-refractivity contribution in [3.63, 3.8) is 0 Å². The van der Waals surface area contributed by atoms with Crippen molar-refractivity contribution in [1.29, 1.82) is 0 Å². The second kappa shape index (κ2) is 8.24. The number of thiazole rings is 1. The van der Waals surface area contributed by atoms with Gasteiger partial charge in [0, 0.05) is 17.7 Å². The van der Waals surface area contributed by atoms with Crippen LogP contribution in [0.25, 0.3) is 0 Å². The summed E-state index contributed by atoms with van der Waals surface area (Å²) in [6.07, 6.45) is 1.29. The Balaban J connectivity index is 1.53. The van der Waals surface area contributed by atoms with Crippen molar-refractivity contribution in [2.24, 2.45) is 5.16 Å². The predicted octanol–water partition coefficient (Wildman–Crippen LogP) is -0.00660. The summed E-state index contributed by atoms with van der Waals surface area (Å²) in [7, 11) is 1.28. The molecule has 4 rings (SSSR count). The second-order valence-electron chi connectivity index (χ2n) is 6.74. The van der Waals surface area contributed by atoms with E-state index in [1.165, 1.54) is 23.8 Å². The Morgan fingerprint density at radius 3 is 2.90 bits per heavy atom. The van der Waals surface area contributed by atoms with Crippen LogP contribution >= 0.6 is 23.1 Å². The summed E-state index contributed by atoms with van der Waals surface area (Å²) in [6.45, 7) is 0.574. The van der Waals surface area contributed by atoms with E-state index >= 15 is 0 Å². The number of hydrogen-bond donors (Lipinski definition) is 3. The highest BCUT2D eigenvalue weighted by Crippen LogP contribution is 2.42. The third kappa shape index (κ3) is 3.52. The van der Waals surface area contributed by atoms with Crippen LogP contribution < -0.4 is 11.1 Å². The molecule has 0 aliphatic carbocycles. The van der Waals surface area contributed by atoms with Crippen molar-refractivity contribution in [3.05, 3.63) is 22.3 Å². The number of carboxylic acid groups (broad SMARTS) is 1. The topological polar surface area (TPSA) is 156 Å². The summed E-state index contributed by atoms with van der Waals surface area (Å²) in [4.78, 5) is 47.4. The van der Waals surface area contributed by atoms with Gasteiger partial charge in [-0.15, -0.1) is 23.1 Å². The van der Waals surface area contributed by atoms with Gasteiger partial charge in [-0.3, -0.25) is 14.5 Å². The number of rotatable bonds is 6. The first-order chi connectivity index (χ1) is 14.4. The molecule has 13 heteroatoms. The lowest BCUT2D eigenvalue weighted by molar-refractivity contribution is -0.150. The minimum Gasteiger partial charge on any atom is -0.477 e. The summed E-state index contributed by atoms with van der Waals surface area (Å²) < 4.78 is 5.63. The fourth-order valence-corrected chi connectivity index (χ4v) is 5.60. The van der Waals surface area contributed by atoms with E-state index in [9.17, 15) is 19.5 Å². The van der Waals surface area contributed by atoms with Gasteiger partial charge in [0.15, 0.2) is 10.8 Å². The quantitative estimate of drug-likeness (QED) is 0.306. The number of hydrogen-bond acceptors (Lipinski definition) is 10. The second-order valence-corrected chi connectivity index (χ2v) is 8.73. The van der Waals surface area contributed by atoms with Gasteiger partial charge in [0.05, 0.1) is 6.10 Å². The lowest BCUT2D eigenvalue weighted by Gasteiger charge is -2.49. The van der Waals surface area contributed by atoms with Crippen molar-refractivity contribution in [3.8, 4) is 0 Å². The van der Waals surface area contributed by atoms with Gasteiger partial charge in [-0.1, -0.05) is 5.16 Å². The highest BCUT2D eigenvalue weighted by Gasteiger charge is 2.55. The zero-order valence-corrected chi connectivity index (χ0v) is 17.5. The fraction of sp³-hybridized carbons (Fsp3) is 0.471. The molecule has 1 aromatic heterocycles. The van der Waals surface area contributed by atoms with Gasteiger partial charge in [-0.25, -0.2) is 9.78 Å².